The molecule has 2 nitrogen and oxygen atoms in total. The maximum Gasteiger partial charge on any atom is 0.416 e. The van der Waals surface area contributed by atoms with Crippen LogP contribution < -0.4 is 5.32 Å². The molecule has 2 rings (SSSR count). The van der Waals surface area contributed by atoms with Crippen molar-refractivity contribution in [1.29, 1.82) is 0 Å². The van der Waals surface area contributed by atoms with Crippen molar-refractivity contribution in [3.8, 4) is 0 Å². The highest BCUT2D eigenvalue weighted by molar-refractivity contribution is 6.03. The Kier molecular flexibility index (Phi) is 2.68. The Morgan fingerprint density at radius 1 is 1.17 bits per heavy atom. The fraction of sp³-hybridized carbons (Fsp3) is 0.462. The number of carbonyl (C=O) groups is 1. The zero-order chi connectivity index (χ0) is 13.7. The number of fused-ring (bicyclic) bond motifs is 1. The molecule has 1 aliphatic rings. The van der Waals surface area contributed by atoms with Crippen molar-refractivity contribution in [2.45, 2.75) is 32.9 Å². The summed E-state index contributed by atoms with van der Waals surface area (Å²) in [4.78, 5) is 11.8. The van der Waals surface area contributed by atoms with E-state index in [4.69, 9.17) is 0 Å². The predicted octanol–water partition coefficient (Wildman–Crippen LogP) is 3.79. The number of amides is 1. The van der Waals surface area contributed by atoms with Gasteiger partial charge in [0.15, 0.2) is 0 Å². The first-order valence-electron chi connectivity index (χ1n) is 5.63. The third kappa shape index (κ3) is 2.09. The SMILES string of the molecule is CC(C)(C)C1C(=O)Nc2ccc(C(F)(F)F)cc21. The van der Waals surface area contributed by atoms with Crippen LogP contribution in [-0.4, -0.2) is 5.91 Å². The van der Waals surface area contributed by atoms with Crippen LogP contribution in [0, 0.1) is 5.41 Å². The van der Waals surface area contributed by atoms with E-state index in [1.165, 1.54) is 6.07 Å². The van der Waals surface area contributed by atoms with Gasteiger partial charge in [0.1, 0.15) is 0 Å². The molecule has 1 atom stereocenters. The van der Waals surface area contributed by atoms with Crippen LogP contribution in [0.4, 0.5) is 18.9 Å². The summed E-state index contributed by atoms with van der Waals surface area (Å²) in [6.45, 7) is 5.52. The van der Waals surface area contributed by atoms with Crippen LogP contribution in [0.2, 0.25) is 0 Å². The summed E-state index contributed by atoms with van der Waals surface area (Å²) < 4.78 is 38.0. The molecule has 1 unspecified atom stereocenters. The maximum atomic E-state index is 12.7. The third-order valence-electron chi connectivity index (χ3n) is 3.08. The highest BCUT2D eigenvalue weighted by Gasteiger charge is 2.41. The number of hydrogen-bond acceptors (Lipinski definition) is 1. The first-order valence-corrected chi connectivity index (χ1v) is 5.63. The quantitative estimate of drug-likeness (QED) is 0.752. The molecule has 1 aromatic rings. The molecular formula is C13H14F3NO. The first kappa shape index (κ1) is 12.9. The van der Waals surface area contributed by atoms with Gasteiger partial charge in [-0.2, -0.15) is 13.2 Å². The van der Waals surface area contributed by atoms with Crippen molar-refractivity contribution in [1.82, 2.24) is 0 Å². The highest BCUT2D eigenvalue weighted by atomic mass is 19.4. The Bertz CT molecular complexity index is 500. The monoisotopic (exact) mass is 257 g/mol. The molecule has 0 saturated carbocycles. The molecule has 0 saturated heterocycles. The van der Waals surface area contributed by atoms with Crippen molar-refractivity contribution in [2.24, 2.45) is 5.41 Å². The molecule has 18 heavy (non-hydrogen) atoms. The van der Waals surface area contributed by atoms with Crippen LogP contribution >= 0.6 is 0 Å². The van der Waals surface area contributed by atoms with Gasteiger partial charge >= 0.3 is 6.18 Å². The van der Waals surface area contributed by atoms with Crippen LogP contribution in [0.3, 0.4) is 0 Å². The second kappa shape index (κ2) is 3.73. The molecule has 1 N–H and O–H groups in total. The summed E-state index contributed by atoms with van der Waals surface area (Å²) in [7, 11) is 0. The summed E-state index contributed by atoms with van der Waals surface area (Å²) in [5.41, 5.74) is -0.221. The average Bonchev–Trinajstić information content (AvgIpc) is 2.49. The van der Waals surface area contributed by atoms with E-state index in [9.17, 15) is 18.0 Å². The van der Waals surface area contributed by atoms with E-state index in [2.05, 4.69) is 5.32 Å². The number of halogens is 3. The van der Waals surface area contributed by atoms with Gasteiger partial charge in [-0.3, -0.25) is 4.79 Å². The number of hydrogen-bond donors (Lipinski definition) is 1. The van der Waals surface area contributed by atoms with Gasteiger partial charge in [0.25, 0.3) is 0 Å². The van der Waals surface area contributed by atoms with Gasteiger partial charge in [-0.25, -0.2) is 0 Å². The molecule has 0 fully saturated rings. The summed E-state index contributed by atoms with van der Waals surface area (Å²) in [5.74, 6) is -0.786. The normalized spacial score (nSPS) is 19.7. The minimum atomic E-state index is -4.39. The van der Waals surface area contributed by atoms with Gasteiger partial charge in [-0.05, 0) is 29.2 Å². The van der Waals surface area contributed by atoms with Gasteiger partial charge in [0.05, 0.1) is 11.5 Å². The second-order valence-corrected chi connectivity index (χ2v) is 5.59. The van der Waals surface area contributed by atoms with Crippen molar-refractivity contribution >= 4 is 11.6 Å². The first-order chi connectivity index (χ1) is 8.10. The zero-order valence-corrected chi connectivity index (χ0v) is 10.4. The molecule has 1 heterocycles. The van der Waals surface area contributed by atoms with Gasteiger partial charge in [0, 0.05) is 5.69 Å². The molecule has 98 valence electrons. The third-order valence-corrected chi connectivity index (χ3v) is 3.08. The summed E-state index contributed by atoms with van der Waals surface area (Å²) in [6, 6.07) is 3.38. The maximum absolute atomic E-state index is 12.7. The predicted molar refractivity (Wildman–Crippen MR) is 62.3 cm³/mol. The van der Waals surface area contributed by atoms with Gasteiger partial charge in [-0.1, -0.05) is 20.8 Å². The zero-order valence-electron chi connectivity index (χ0n) is 10.4. The number of benzene rings is 1. The fourth-order valence-corrected chi connectivity index (χ4v) is 2.30. The lowest BCUT2D eigenvalue weighted by molar-refractivity contribution is -0.137. The lowest BCUT2D eigenvalue weighted by Crippen LogP contribution is -2.25. The van der Waals surface area contributed by atoms with E-state index in [1.54, 1.807) is 0 Å². The molecule has 5 heteroatoms. The van der Waals surface area contributed by atoms with E-state index in [-0.39, 0.29) is 5.91 Å². The summed E-state index contributed by atoms with van der Waals surface area (Å²) >= 11 is 0. The van der Waals surface area contributed by atoms with Crippen LogP contribution in [0.15, 0.2) is 18.2 Å². The average molecular weight is 257 g/mol. The van der Waals surface area contributed by atoms with Crippen molar-refractivity contribution < 1.29 is 18.0 Å². The van der Waals surface area contributed by atoms with Crippen molar-refractivity contribution in [3.63, 3.8) is 0 Å². The van der Waals surface area contributed by atoms with Gasteiger partial charge in [-0.15, -0.1) is 0 Å². The van der Waals surface area contributed by atoms with Crippen LogP contribution in [0.25, 0.3) is 0 Å². The van der Waals surface area contributed by atoms with E-state index < -0.39 is 23.1 Å². The Hall–Kier alpha value is -1.52. The van der Waals surface area contributed by atoms with E-state index >= 15 is 0 Å². The Morgan fingerprint density at radius 3 is 2.28 bits per heavy atom. The number of alkyl halides is 3. The van der Waals surface area contributed by atoms with E-state index in [1.807, 2.05) is 20.8 Å². The lowest BCUT2D eigenvalue weighted by Gasteiger charge is -2.25. The molecule has 0 bridgehead atoms. The van der Waals surface area contributed by atoms with Crippen molar-refractivity contribution in [3.05, 3.63) is 29.3 Å². The van der Waals surface area contributed by atoms with Crippen molar-refractivity contribution in [2.75, 3.05) is 5.32 Å². The van der Waals surface area contributed by atoms with Gasteiger partial charge in [0.2, 0.25) is 5.91 Å². The fourth-order valence-electron chi connectivity index (χ4n) is 2.30. The Balaban J connectivity index is 2.53. The molecule has 0 radical (unpaired) electrons. The number of carbonyl (C=O) groups excluding carboxylic acids is 1. The Labute approximate surface area is 103 Å². The molecule has 0 aromatic heterocycles. The molecule has 0 spiro atoms. The standard InChI is InChI=1S/C13H14F3NO/c1-12(2,3)10-8-6-7(13(14,15)16)4-5-9(8)17-11(10)18/h4-6,10H,1-3H3,(H,17,18). The second-order valence-electron chi connectivity index (χ2n) is 5.59. The molecule has 1 aromatic carbocycles. The molecule has 1 amide bonds. The minimum Gasteiger partial charge on any atom is -0.325 e. The lowest BCUT2D eigenvalue weighted by atomic mass is 9.77. The number of rotatable bonds is 0. The largest absolute Gasteiger partial charge is 0.416 e. The minimum absolute atomic E-state index is 0.239. The number of nitrogens with one attached hydrogen (secondary N) is 1. The molecule has 1 aliphatic heterocycles. The summed E-state index contributed by atoms with van der Waals surface area (Å²) in [6.07, 6.45) is -4.39. The van der Waals surface area contributed by atoms with E-state index in [0.29, 0.717) is 11.3 Å². The number of anilines is 1. The van der Waals surface area contributed by atoms with Crippen LogP contribution in [-0.2, 0) is 11.0 Å². The summed E-state index contributed by atoms with van der Waals surface area (Å²) in [5, 5.41) is 2.63. The van der Waals surface area contributed by atoms with Gasteiger partial charge < -0.3 is 5.32 Å². The smallest absolute Gasteiger partial charge is 0.325 e. The van der Waals surface area contributed by atoms with E-state index in [0.717, 1.165) is 12.1 Å². The molecule has 0 aliphatic carbocycles. The topological polar surface area (TPSA) is 29.1 Å². The van der Waals surface area contributed by atoms with Crippen LogP contribution in [0.1, 0.15) is 37.8 Å². The van der Waals surface area contributed by atoms with Crippen LogP contribution in [0.5, 0.6) is 0 Å². The Morgan fingerprint density at radius 2 is 1.78 bits per heavy atom. The molecular weight excluding hydrogens is 243 g/mol. The highest BCUT2D eigenvalue weighted by Crippen LogP contribution is 2.45.